The Balaban J connectivity index is 1.54. The Kier molecular flexibility index (Phi) is 4.81. The van der Waals surface area contributed by atoms with E-state index in [4.69, 9.17) is 0 Å². The van der Waals surface area contributed by atoms with Crippen LogP contribution in [-0.4, -0.2) is 36.1 Å². The van der Waals surface area contributed by atoms with Gasteiger partial charge >= 0.3 is 0 Å². The van der Waals surface area contributed by atoms with Crippen LogP contribution in [0.4, 0.5) is 0 Å². The maximum atomic E-state index is 4.00. The van der Waals surface area contributed by atoms with Gasteiger partial charge in [-0.15, -0.1) is 0 Å². The minimum atomic E-state index is 0.786. The van der Waals surface area contributed by atoms with Crippen molar-refractivity contribution in [3.05, 3.63) is 0 Å². The van der Waals surface area contributed by atoms with Gasteiger partial charge in [0.1, 0.15) is 0 Å². The molecule has 2 nitrogen and oxygen atoms in total. The molecular weight excluding hydrogens is 232 g/mol. The molecule has 1 N–H and O–H groups in total. The van der Waals surface area contributed by atoms with Gasteiger partial charge in [0.15, 0.2) is 0 Å². The van der Waals surface area contributed by atoms with Crippen molar-refractivity contribution in [3.63, 3.8) is 0 Å². The van der Waals surface area contributed by atoms with Gasteiger partial charge in [0, 0.05) is 31.2 Å². The van der Waals surface area contributed by atoms with Crippen molar-refractivity contribution in [2.24, 2.45) is 5.92 Å². The molecule has 0 amide bonds. The smallest absolute Gasteiger partial charge is 0.0200 e. The first-order valence-corrected chi connectivity index (χ1v) is 8.85. The molecule has 0 spiro atoms. The fourth-order valence-corrected chi connectivity index (χ4v) is 4.45. The number of likely N-dealkylation sites (tertiary alicyclic amines) is 1. The lowest BCUT2D eigenvalue weighted by atomic mass is 9.84. The molecule has 0 aromatic carbocycles. The van der Waals surface area contributed by atoms with Crippen molar-refractivity contribution in [1.82, 2.24) is 10.2 Å². The highest BCUT2D eigenvalue weighted by molar-refractivity contribution is 4.91. The van der Waals surface area contributed by atoms with Gasteiger partial charge in [-0.2, -0.15) is 0 Å². The predicted octanol–water partition coefficient (Wildman–Crippen LogP) is 3.56. The van der Waals surface area contributed by atoms with Crippen molar-refractivity contribution in [2.75, 3.05) is 13.1 Å². The van der Waals surface area contributed by atoms with Crippen LogP contribution in [0.25, 0.3) is 0 Å². The van der Waals surface area contributed by atoms with Crippen LogP contribution in [0.15, 0.2) is 0 Å². The highest BCUT2D eigenvalue weighted by Crippen LogP contribution is 2.31. The summed E-state index contributed by atoms with van der Waals surface area (Å²) in [4.78, 5) is 2.83. The summed E-state index contributed by atoms with van der Waals surface area (Å²) in [6.07, 6.45) is 14.4. The van der Waals surface area contributed by atoms with Crippen LogP contribution in [0.5, 0.6) is 0 Å². The van der Waals surface area contributed by atoms with Crippen LogP contribution >= 0.6 is 0 Å². The average Bonchev–Trinajstić information content (AvgIpc) is 2.79. The SMILES string of the molecule is CCCC1CC(NC2CCCC2)CN(C2CCC2)C1. The molecule has 2 saturated carbocycles. The van der Waals surface area contributed by atoms with Gasteiger partial charge in [0.25, 0.3) is 0 Å². The molecule has 110 valence electrons. The van der Waals surface area contributed by atoms with Crippen LogP contribution < -0.4 is 5.32 Å². The molecule has 2 heteroatoms. The van der Waals surface area contributed by atoms with E-state index < -0.39 is 0 Å². The van der Waals surface area contributed by atoms with Gasteiger partial charge in [-0.1, -0.05) is 32.6 Å². The molecule has 0 aromatic rings. The normalized spacial score (nSPS) is 34.6. The van der Waals surface area contributed by atoms with E-state index in [9.17, 15) is 0 Å². The summed E-state index contributed by atoms with van der Waals surface area (Å²) in [6.45, 7) is 5.07. The second-order valence-corrected chi connectivity index (χ2v) is 7.27. The zero-order valence-electron chi connectivity index (χ0n) is 12.7. The fourth-order valence-electron chi connectivity index (χ4n) is 4.45. The summed E-state index contributed by atoms with van der Waals surface area (Å²) in [5, 5.41) is 4.00. The first-order valence-electron chi connectivity index (χ1n) is 8.85. The van der Waals surface area contributed by atoms with Gasteiger partial charge in [-0.25, -0.2) is 0 Å². The number of piperidine rings is 1. The Morgan fingerprint density at radius 1 is 0.947 bits per heavy atom. The van der Waals surface area contributed by atoms with Crippen molar-refractivity contribution >= 4 is 0 Å². The summed E-state index contributed by atoms with van der Waals surface area (Å²) in [7, 11) is 0. The third kappa shape index (κ3) is 3.52. The minimum absolute atomic E-state index is 0.786. The number of hydrogen-bond acceptors (Lipinski definition) is 2. The second-order valence-electron chi connectivity index (χ2n) is 7.27. The Labute approximate surface area is 119 Å². The summed E-state index contributed by atoms with van der Waals surface area (Å²) in [5.74, 6) is 0.957. The summed E-state index contributed by atoms with van der Waals surface area (Å²) < 4.78 is 0. The molecule has 3 aliphatic rings. The minimum Gasteiger partial charge on any atom is -0.310 e. The quantitative estimate of drug-likeness (QED) is 0.817. The Hall–Kier alpha value is -0.0800. The fraction of sp³-hybridized carbons (Fsp3) is 1.00. The molecule has 0 bridgehead atoms. The molecule has 1 aliphatic heterocycles. The summed E-state index contributed by atoms with van der Waals surface area (Å²) in [5.41, 5.74) is 0. The molecular formula is C17H32N2. The first-order chi connectivity index (χ1) is 9.35. The maximum Gasteiger partial charge on any atom is 0.0200 e. The van der Waals surface area contributed by atoms with E-state index in [0.29, 0.717) is 0 Å². The largest absolute Gasteiger partial charge is 0.310 e. The topological polar surface area (TPSA) is 15.3 Å². The molecule has 1 heterocycles. The Bertz CT molecular complexity index is 268. The summed E-state index contributed by atoms with van der Waals surface area (Å²) in [6, 6.07) is 2.56. The molecule has 1 saturated heterocycles. The van der Waals surface area contributed by atoms with E-state index in [1.165, 1.54) is 77.3 Å². The number of rotatable bonds is 5. The van der Waals surface area contributed by atoms with Crippen LogP contribution in [0, 0.1) is 5.92 Å². The van der Waals surface area contributed by atoms with Crippen LogP contribution in [-0.2, 0) is 0 Å². The van der Waals surface area contributed by atoms with E-state index in [0.717, 1.165) is 24.0 Å². The van der Waals surface area contributed by atoms with E-state index in [1.54, 1.807) is 0 Å². The van der Waals surface area contributed by atoms with Crippen molar-refractivity contribution in [1.29, 1.82) is 0 Å². The van der Waals surface area contributed by atoms with Crippen LogP contribution in [0.2, 0.25) is 0 Å². The zero-order valence-corrected chi connectivity index (χ0v) is 12.7. The molecule has 2 unspecified atom stereocenters. The standard InChI is InChI=1S/C17H32N2/c1-2-6-14-11-16(18-15-7-3-4-8-15)13-19(12-14)17-9-5-10-17/h14-18H,2-13H2,1H3. The van der Waals surface area contributed by atoms with Gasteiger partial charge in [-0.3, -0.25) is 4.90 Å². The maximum absolute atomic E-state index is 4.00. The molecule has 2 aliphatic carbocycles. The van der Waals surface area contributed by atoms with Crippen molar-refractivity contribution in [2.45, 2.75) is 89.3 Å². The predicted molar refractivity (Wildman–Crippen MR) is 81.4 cm³/mol. The lowest BCUT2D eigenvalue weighted by molar-refractivity contribution is 0.0533. The third-order valence-corrected chi connectivity index (χ3v) is 5.68. The lowest BCUT2D eigenvalue weighted by Gasteiger charge is -2.46. The van der Waals surface area contributed by atoms with Crippen LogP contribution in [0.1, 0.15) is 71.1 Å². The Morgan fingerprint density at radius 3 is 2.37 bits per heavy atom. The van der Waals surface area contributed by atoms with Crippen LogP contribution in [0.3, 0.4) is 0 Å². The Morgan fingerprint density at radius 2 is 1.74 bits per heavy atom. The highest BCUT2D eigenvalue weighted by Gasteiger charge is 2.34. The third-order valence-electron chi connectivity index (χ3n) is 5.68. The zero-order chi connectivity index (χ0) is 13.1. The average molecular weight is 264 g/mol. The van der Waals surface area contributed by atoms with E-state index in [2.05, 4.69) is 17.1 Å². The van der Waals surface area contributed by atoms with E-state index in [1.807, 2.05) is 0 Å². The first kappa shape index (κ1) is 13.9. The van der Waals surface area contributed by atoms with Gasteiger partial charge in [0.2, 0.25) is 0 Å². The monoisotopic (exact) mass is 264 g/mol. The second kappa shape index (κ2) is 6.58. The van der Waals surface area contributed by atoms with Gasteiger partial charge in [-0.05, 0) is 44.4 Å². The summed E-state index contributed by atoms with van der Waals surface area (Å²) >= 11 is 0. The lowest BCUT2D eigenvalue weighted by Crippen LogP contribution is -2.55. The van der Waals surface area contributed by atoms with Gasteiger partial charge in [0.05, 0.1) is 0 Å². The number of hydrogen-bond donors (Lipinski definition) is 1. The van der Waals surface area contributed by atoms with Gasteiger partial charge < -0.3 is 5.32 Å². The van der Waals surface area contributed by atoms with Crippen molar-refractivity contribution < 1.29 is 0 Å². The molecule has 3 rings (SSSR count). The number of nitrogens with zero attached hydrogens (tertiary/aromatic N) is 1. The molecule has 0 aromatic heterocycles. The highest BCUT2D eigenvalue weighted by atomic mass is 15.2. The molecule has 3 fully saturated rings. The van der Waals surface area contributed by atoms with E-state index in [-0.39, 0.29) is 0 Å². The van der Waals surface area contributed by atoms with E-state index >= 15 is 0 Å². The molecule has 2 atom stereocenters. The molecule has 19 heavy (non-hydrogen) atoms. The molecule has 0 radical (unpaired) electrons. The number of nitrogens with one attached hydrogen (secondary N) is 1. The van der Waals surface area contributed by atoms with Crippen molar-refractivity contribution in [3.8, 4) is 0 Å².